The van der Waals surface area contributed by atoms with Gasteiger partial charge in [-0.1, -0.05) is 44.2 Å². The maximum atomic E-state index is 2.86. The first-order valence-electron chi connectivity index (χ1n) is 3.91. The molecule has 11 heavy (non-hydrogen) atoms. The van der Waals surface area contributed by atoms with E-state index in [0.29, 0.717) is 5.16 Å². The summed E-state index contributed by atoms with van der Waals surface area (Å²) in [7, 11) is 2.86. The van der Waals surface area contributed by atoms with E-state index in [1.165, 1.54) is 5.56 Å². The maximum Gasteiger partial charge on any atom is -0.0166 e. The Morgan fingerprint density at radius 1 is 1.18 bits per heavy atom. The van der Waals surface area contributed by atoms with E-state index in [9.17, 15) is 0 Å². The minimum absolute atomic E-state index is 0.321. The van der Waals surface area contributed by atoms with Crippen LogP contribution in [0.25, 0.3) is 0 Å². The summed E-state index contributed by atoms with van der Waals surface area (Å²) in [5, 5.41) is 0.321. The average Bonchev–Trinajstić information content (AvgIpc) is 1.85. The molecule has 1 unspecified atom stereocenters. The Balaban J connectivity index is 2.66. The van der Waals surface area contributed by atoms with Crippen LogP contribution in [-0.2, 0) is 6.42 Å². The Bertz CT molecular complexity index is 208. The Morgan fingerprint density at radius 2 is 1.73 bits per heavy atom. The molecule has 0 spiro atoms. The predicted molar refractivity (Wildman–Crippen MR) is 53.9 cm³/mol. The zero-order valence-electron chi connectivity index (χ0n) is 7.17. The number of rotatable bonds is 2. The average molecular weight is 166 g/mol. The molecule has 60 valence electrons. The summed E-state index contributed by atoms with van der Waals surface area (Å²) in [5.74, 6) is 0. The van der Waals surface area contributed by atoms with Gasteiger partial charge < -0.3 is 0 Å². The van der Waals surface area contributed by atoms with Gasteiger partial charge in [0.25, 0.3) is 0 Å². The molecule has 0 saturated carbocycles. The lowest BCUT2D eigenvalue weighted by molar-refractivity contribution is 0.708. The quantitative estimate of drug-likeness (QED) is 0.592. The van der Waals surface area contributed by atoms with Crippen molar-refractivity contribution in [2.75, 3.05) is 0 Å². The molecule has 0 N–H and O–H groups in total. The highest BCUT2D eigenvalue weighted by Crippen LogP contribution is 2.21. The molecule has 0 bridgehead atoms. The van der Waals surface area contributed by atoms with Crippen LogP contribution < -0.4 is 0 Å². The summed E-state index contributed by atoms with van der Waals surface area (Å²) < 4.78 is 0. The predicted octanol–water partition coefficient (Wildman–Crippen LogP) is 2.88. The van der Waals surface area contributed by atoms with Gasteiger partial charge in [-0.05, 0) is 17.1 Å². The van der Waals surface area contributed by atoms with Gasteiger partial charge in [-0.15, -0.1) is 9.24 Å². The highest BCUT2D eigenvalue weighted by molar-refractivity contribution is 7.18. The molecule has 0 heterocycles. The lowest BCUT2D eigenvalue weighted by Gasteiger charge is -2.17. The van der Waals surface area contributed by atoms with Crippen molar-refractivity contribution in [3.63, 3.8) is 0 Å². The van der Waals surface area contributed by atoms with Gasteiger partial charge in [0.1, 0.15) is 0 Å². The highest BCUT2D eigenvalue weighted by Gasteiger charge is 2.10. The molecule has 1 aromatic rings. The van der Waals surface area contributed by atoms with Crippen molar-refractivity contribution in [1.82, 2.24) is 0 Å². The lowest BCUT2D eigenvalue weighted by atomic mass is 10.0. The van der Waals surface area contributed by atoms with E-state index in [4.69, 9.17) is 0 Å². The van der Waals surface area contributed by atoms with Crippen molar-refractivity contribution < 1.29 is 0 Å². The third kappa shape index (κ3) is 3.53. The normalized spacial score (nSPS) is 11.5. The zero-order chi connectivity index (χ0) is 8.32. The summed E-state index contributed by atoms with van der Waals surface area (Å²) >= 11 is 0. The van der Waals surface area contributed by atoms with E-state index in [-0.39, 0.29) is 0 Å². The second kappa shape index (κ2) is 3.36. The first-order chi connectivity index (χ1) is 5.08. The van der Waals surface area contributed by atoms with E-state index in [2.05, 4.69) is 53.4 Å². The fourth-order valence-electron chi connectivity index (χ4n) is 1.12. The van der Waals surface area contributed by atoms with Gasteiger partial charge in [0, 0.05) is 0 Å². The molecule has 1 atom stereocenters. The minimum Gasteiger partial charge on any atom is -0.131 e. The number of benzene rings is 1. The van der Waals surface area contributed by atoms with Crippen molar-refractivity contribution in [2.24, 2.45) is 0 Å². The minimum atomic E-state index is 0.321. The van der Waals surface area contributed by atoms with Crippen molar-refractivity contribution in [3.05, 3.63) is 35.9 Å². The molecule has 0 aromatic heterocycles. The Hall–Kier alpha value is -0.350. The Labute approximate surface area is 71.2 Å². The zero-order valence-corrected chi connectivity index (χ0v) is 8.33. The van der Waals surface area contributed by atoms with Crippen LogP contribution in [0.15, 0.2) is 30.3 Å². The topological polar surface area (TPSA) is 0 Å². The van der Waals surface area contributed by atoms with Crippen molar-refractivity contribution in [3.8, 4) is 0 Å². The third-order valence-electron chi connectivity index (χ3n) is 1.50. The van der Waals surface area contributed by atoms with Gasteiger partial charge in [-0.25, -0.2) is 0 Å². The Kier molecular flexibility index (Phi) is 2.67. The Morgan fingerprint density at radius 3 is 2.18 bits per heavy atom. The van der Waals surface area contributed by atoms with Crippen molar-refractivity contribution in [2.45, 2.75) is 25.4 Å². The van der Waals surface area contributed by atoms with Gasteiger partial charge in [-0.2, -0.15) is 0 Å². The molecule has 0 radical (unpaired) electrons. The smallest absolute Gasteiger partial charge is 0.0166 e. The molecule has 0 aliphatic rings. The molecule has 1 rings (SSSR count). The fraction of sp³-hybridized carbons (Fsp3) is 0.400. The SMILES string of the molecule is CC(C)(P)Cc1ccccc1. The van der Waals surface area contributed by atoms with Gasteiger partial charge in [0.05, 0.1) is 0 Å². The van der Waals surface area contributed by atoms with Crippen LogP contribution in [0.2, 0.25) is 0 Å². The van der Waals surface area contributed by atoms with Gasteiger partial charge >= 0.3 is 0 Å². The van der Waals surface area contributed by atoms with Gasteiger partial charge in [0.2, 0.25) is 0 Å². The first kappa shape index (κ1) is 8.74. The molecule has 1 heteroatoms. The van der Waals surface area contributed by atoms with Crippen LogP contribution in [-0.4, -0.2) is 5.16 Å². The molecule has 0 fully saturated rings. The van der Waals surface area contributed by atoms with Crippen molar-refractivity contribution >= 4 is 9.24 Å². The molecular weight excluding hydrogens is 151 g/mol. The summed E-state index contributed by atoms with van der Waals surface area (Å²) in [5.41, 5.74) is 1.41. The van der Waals surface area contributed by atoms with E-state index in [0.717, 1.165) is 6.42 Å². The van der Waals surface area contributed by atoms with Crippen LogP contribution in [0.3, 0.4) is 0 Å². The molecule has 0 aliphatic carbocycles. The number of hydrogen-bond donors (Lipinski definition) is 0. The number of hydrogen-bond acceptors (Lipinski definition) is 0. The lowest BCUT2D eigenvalue weighted by Crippen LogP contribution is -2.12. The summed E-state index contributed by atoms with van der Waals surface area (Å²) in [6.07, 6.45) is 1.12. The van der Waals surface area contributed by atoms with Crippen LogP contribution >= 0.6 is 9.24 Å². The largest absolute Gasteiger partial charge is 0.131 e. The molecule has 0 aliphatic heterocycles. The fourth-order valence-corrected chi connectivity index (χ4v) is 1.36. The summed E-state index contributed by atoms with van der Waals surface area (Å²) in [6.45, 7) is 4.45. The molecule has 0 saturated heterocycles. The van der Waals surface area contributed by atoms with Crippen LogP contribution in [0.1, 0.15) is 19.4 Å². The standard InChI is InChI=1S/C10H15P/c1-10(2,11)8-9-6-4-3-5-7-9/h3-7H,8,11H2,1-2H3. The molecule has 0 amide bonds. The second-order valence-corrected chi connectivity index (χ2v) is 5.21. The third-order valence-corrected chi connectivity index (χ3v) is 1.71. The molecule has 1 aromatic carbocycles. The van der Waals surface area contributed by atoms with E-state index >= 15 is 0 Å². The van der Waals surface area contributed by atoms with E-state index in [1.54, 1.807) is 0 Å². The van der Waals surface area contributed by atoms with E-state index in [1.807, 2.05) is 0 Å². The van der Waals surface area contributed by atoms with Gasteiger partial charge in [-0.3, -0.25) is 0 Å². The van der Waals surface area contributed by atoms with Crippen LogP contribution in [0.4, 0.5) is 0 Å². The summed E-state index contributed by atoms with van der Waals surface area (Å²) in [6, 6.07) is 10.6. The monoisotopic (exact) mass is 166 g/mol. The first-order valence-corrected chi connectivity index (χ1v) is 4.48. The van der Waals surface area contributed by atoms with Gasteiger partial charge in [0.15, 0.2) is 0 Å². The highest BCUT2D eigenvalue weighted by atomic mass is 31.0. The van der Waals surface area contributed by atoms with Crippen LogP contribution in [0.5, 0.6) is 0 Å². The molecular formula is C10H15P. The molecule has 0 nitrogen and oxygen atoms in total. The second-order valence-electron chi connectivity index (χ2n) is 3.65. The van der Waals surface area contributed by atoms with Crippen LogP contribution in [0, 0.1) is 0 Å². The van der Waals surface area contributed by atoms with Crippen molar-refractivity contribution in [1.29, 1.82) is 0 Å². The van der Waals surface area contributed by atoms with E-state index < -0.39 is 0 Å². The summed E-state index contributed by atoms with van der Waals surface area (Å²) in [4.78, 5) is 0. The maximum absolute atomic E-state index is 2.86.